The van der Waals surface area contributed by atoms with Gasteiger partial charge in [-0.2, -0.15) is 15.2 Å². The standard InChI is InChI=1S/C21H25N7O3.C11H9ClN4O3.C9H16N4/c1-26-9-7-17(8-10-26)27-14-16(12-23-27)24-21-22-13-20(28(29)30)19(25-21)11-15-3-5-18(31-2)6-4-15;1-19-8-4-2-7(3-5-8)14-10-9(16(17)18)6-13-11(12)15-10;1-12-4-2-9(3-5-12)13-7-8(10)6-11-13/h3-6,12-14,17H,7-11H2,1-2H3,(H,22,24,25);2-6H,1H3,(H,13,14,15);6-7,9H,2-5,10H2,1H3. The number of piperidine rings is 2. The zero-order valence-corrected chi connectivity index (χ0v) is 36.1. The molecule has 2 aliphatic heterocycles. The number of hydrogen-bond acceptors (Lipinski definition) is 17. The summed E-state index contributed by atoms with van der Waals surface area (Å²) in [7, 11) is 7.43. The van der Waals surface area contributed by atoms with Gasteiger partial charge in [0.05, 0.1) is 59.9 Å². The Bertz CT molecular complexity index is 2420. The van der Waals surface area contributed by atoms with Crippen LogP contribution in [0.5, 0.6) is 11.5 Å². The summed E-state index contributed by atoms with van der Waals surface area (Å²) in [5.41, 5.74) is 8.64. The molecule has 2 aliphatic rings. The number of nitro groups is 2. The third-order valence-electron chi connectivity index (χ3n) is 10.5. The lowest BCUT2D eigenvalue weighted by Crippen LogP contribution is -2.31. The van der Waals surface area contributed by atoms with E-state index >= 15 is 0 Å². The van der Waals surface area contributed by atoms with Gasteiger partial charge in [-0.05, 0) is 120 Å². The van der Waals surface area contributed by atoms with Crippen molar-refractivity contribution in [3.8, 4) is 11.5 Å². The molecular formula is C41H50ClN15O6. The predicted molar refractivity (Wildman–Crippen MR) is 238 cm³/mol. The number of nitrogen functional groups attached to an aromatic ring is 1. The number of nitrogens with two attached hydrogens (primary N) is 1. The highest BCUT2D eigenvalue weighted by Gasteiger charge is 2.22. The molecule has 0 unspecified atom stereocenters. The Labute approximate surface area is 368 Å². The molecule has 21 nitrogen and oxygen atoms in total. The second kappa shape index (κ2) is 21.7. The van der Waals surface area contributed by atoms with Crippen molar-refractivity contribution in [2.75, 3.05) is 70.9 Å². The largest absolute Gasteiger partial charge is 0.497 e. The fourth-order valence-electron chi connectivity index (χ4n) is 6.88. The Kier molecular flexibility index (Phi) is 15.7. The summed E-state index contributed by atoms with van der Waals surface area (Å²) in [5, 5.41) is 36.9. The first-order valence-corrected chi connectivity index (χ1v) is 20.4. The van der Waals surface area contributed by atoms with Gasteiger partial charge in [-0.25, -0.2) is 15.0 Å². The summed E-state index contributed by atoms with van der Waals surface area (Å²) in [4.78, 5) is 41.9. The molecule has 2 fully saturated rings. The smallest absolute Gasteiger partial charge is 0.329 e. The lowest BCUT2D eigenvalue weighted by Gasteiger charge is -2.28. The van der Waals surface area contributed by atoms with Gasteiger partial charge in [0.15, 0.2) is 0 Å². The molecule has 22 heteroatoms. The van der Waals surface area contributed by atoms with Gasteiger partial charge in [0.1, 0.15) is 29.6 Å². The molecule has 2 aromatic carbocycles. The average molecular weight is 884 g/mol. The SMILES string of the molecule is CN1CCC(n2cc(N)cn2)CC1.COc1ccc(Cc2nc(Nc3cnn(C4CCN(C)CC4)c3)ncc2[N+](=O)[O-])cc1.COc1ccc(Nc2nc(Cl)ncc2[N+](=O)[O-])cc1. The van der Waals surface area contributed by atoms with Gasteiger partial charge >= 0.3 is 11.4 Å². The maximum Gasteiger partial charge on any atom is 0.329 e. The van der Waals surface area contributed by atoms with Gasteiger partial charge < -0.3 is 35.6 Å². The molecule has 0 aliphatic carbocycles. The number of aromatic nitrogens is 8. The molecular weight excluding hydrogens is 834 g/mol. The van der Waals surface area contributed by atoms with Crippen LogP contribution in [0.3, 0.4) is 0 Å². The van der Waals surface area contributed by atoms with Crippen molar-refractivity contribution in [1.29, 1.82) is 0 Å². The van der Waals surface area contributed by atoms with Gasteiger partial charge in [-0.1, -0.05) is 12.1 Å². The quantitative estimate of drug-likeness (QED) is 0.0656. The zero-order chi connectivity index (χ0) is 44.9. The van der Waals surface area contributed by atoms with Crippen LogP contribution in [0.2, 0.25) is 5.28 Å². The number of nitrogens with zero attached hydrogens (tertiary/aromatic N) is 12. The number of ether oxygens (including phenoxy) is 2. The number of likely N-dealkylation sites (tertiary alicyclic amines) is 2. The first-order valence-electron chi connectivity index (χ1n) is 20.1. The van der Waals surface area contributed by atoms with E-state index in [4.69, 9.17) is 26.8 Å². The van der Waals surface area contributed by atoms with Crippen LogP contribution in [0, 0.1) is 20.2 Å². The van der Waals surface area contributed by atoms with Crippen LogP contribution in [0.1, 0.15) is 49.0 Å². The van der Waals surface area contributed by atoms with Crippen molar-refractivity contribution >= 4 is 51.8 Å². The number of anilines is 5. The minimum Gasteiger partial charge on any atom is -0.497 e. The third kappa shape index (κ3) is 13.0. The molecule has 8 rings (SSSR count). The van der Waals surface area contributed by atoms with Gasteiger partial charge in [-0.3, -0.25) is 29.6 Å². The first kappa shape index (κ1) is 45.6. The molecule has 0 saturated carbocycles. The van der Waals surface area contributed by atoms with E-state index in [1.165, 1.54) is 19.0 Å². The van der Waals surface area contributed by atoms with Crippen molar-refractivity contribution in [2.45, 2.75) is 44.2 Å². The molecule has 0 amide bonds. The predicted octanol–water partition coefficient (Wildman–Crippen LogP) is 6.71. The Morgan fingerprint density at radius 2 is 1.25 bits per heavy atom. The van der Waals surface area contributed by atoms with E-state index in [2.05, 4.69) is 64.7 Å². The number of nitrogens with one attached hydrogen (secondary N) is 2. The minimum atomic E-state index is -0.581. The lowest BCUT2D eigenvalue weighted by atomic mass is 10.1. The van der Waals surface area contributed by atoms with E-state index in [-0.39, 0.29) is 22.5 Å². The minimum absolute atomic E-state index is 0.0372. The highest BCUT2D eigenvalue weighted by atomic mass is 35.5. The van der Waals surface area contributed by atoms with E-state index in [0.29, 0.717) is 41.6 Å². The monoisotopic (exact) mass is 883 g/mol. The number of rotatable bonds is 12. The molecule has 6 heterocycles. The summed E-state index contributed by atoms with van der Waals surface area (Å²) < 4.78 is 14.2. The Morgan fingerprint density at radius 1 is 0.714 bits per heavy atom. The third-order valence-corrected chi connectivity index (χ3v) is 10.6. The topological polar surface area (TPSA) is 248 Å². The summed E-state index contributed by atoms with van der Waals surface area (Å²) >= 11 is 5.63. The Balaban J connectivity index is 0.000000175. The fraction of sp³-hybridized carbons (Fsp3) is 0.366. The summed E-state index contributed by atoms with van der Waals surface area (Å²) in [5.74, 6) is 1.75. The van der Waals surface area contributed by atoms with Crippen LogP contribution in [-0.4, -0.2) is 114 Å². The highest BCUT2D eigenvalue weighted by molar-refractivity contribution is 6.28. The number of hydrogen-bond donors (Lipinski definition) is 3. The zero-order valence-electron chi connectivity index (χ0n) is 35.4. The summed E-state index contributed by atoms with van der Waals surface area (Å²) in [6.45, 7) is 4.41. The molecule has 0 radical (unpaired) electrons. The van der Waals surface area contributed by atoms with Crippen LogP contribution >= 0.6 is 11.6 Å². The molecule has 332 valence electrons. The van der Waals surface area contributed by atoms with E-state index in [1.807, 2.05) is 46.0 Å². The molecule has 2 saturated heterocycles. The van der Waals surface area contributed by atoms with E-state index in [0.717, 1.165) is 67.9 Å². The van der Waals surface area contributed by atoms with E-state index in [1.54, 1.807) is 50.9 Å². The molecule has 0 bridgehead atoms. The maximum absolute atomic E-state index is 11.5. The van der Waals surface area contributed by atoms with Crippen molar-refractivity contribution < 1.29 is 19.3 Å². The van der Waals surface area contributed by atoms with Crippen molar-refractivity contribution in [3.05, 3.63) is 122 Å². The van der Waals surface area contributed by atoms with Gasteiger partial charge in [-0.15, -0.1) is 0 Å². The molecule has 0 atom stereocenters. The van der Waals surface area contributed by atoms with E-state index in [9.17, 15) is 20.2 Å². The second-order valence-corrected chi connectivity index (χ2v) is 15.3. The molecule has 4 N–H and O–H groups in total. The Morgan fingerprint density at radius 3 is 1.79 bits per heavy atom. The highest BCUT2D eigenvalue weighted by Crippen LogP contribution is 2.28. The van der Waals surface area contributed by atoms with Crippen molar-refractivity contribution in [1.82, 2.24) is 49.3 Å². The van der Waals surface area contributed by atoms with Gasteiger partial charge in [0.2, 0.25) is 17.0 Å². The second-order valence-electron chi connectivity index (χ2n) is 14.9. The Hall–Kier alpha value is -6.97. The molecule has 4 aromatic heterocycles. The van der Waals surface area contributed by atoms with Crippen LogP contribution in [0.25, 0.3) is 0 Å². The normalized spacial score (nSPS) is 14.7. The van der Waals surface area contributed by atoms with Crippen LogP contribution < -0.4 is 25.8 Å². The average Bonchev–Trinajstić information content (AvgIpc) is 3.94. The molecule has 6 aromatic rings. The fourth-order valence-corrected chi connectivity index (χ4v) is 7.02. The first-order chi connectivity index (χ1) is 30.4. The maximum atomic E-state index is 11.5. The summed E-state index contributed by atoms with van der Waals surface area (Å²) in [6.07, 6.45) is 14.4. The van der Waals surface area contributed by atoms with E-state index < -0.39 is 9.85 Å². The van der Waals surface area contributed by atoms with Gasteiger partial charge in [0, 0.05) is 24.5 Å². The van der Waals surface area contributed by atoms with Gasteiger partial charge in [0.25, 0.3) is 0 Å². The van der Waals surface area contributed by atoms with Crippen LogP contribution in [0.15, 0.2) is 85.7 Å². The lowest BCUT2D eigenvalue weighted by molar-refractivity contribution is -0.386. The molecule has 0 spiro atoms. The van der Waals surface area contributed by atoms with Crippen molar-refractivity contribution in [2.24, 2.45) is 0 Å². The summed E-state index contributed by atoms with van der Waals surface area (Å²) in [6, 6.07) is 15.1. The van der Waals surface area contributed by atoms with Crippen molar-refractivity contribution in [3.63, 3.8) is 0 Å². The number of methoxy groups -OCH3 is 2. The van der Waals surface area contributed by atoms with Crippen LogP contribution in [0.4, 0.5) is 40.2 Å². The number of halogens is 1. The number of benzene rings is 2. The van der Waals surface area contributed by atoms with Crippen LogP contribution in [-0.2, 0) is 6.42 Å². The molecule has 63 heavy (non-hydrogen) atoms.